The number of rotatable bonds is 1. The largest absolute Gasteiger partial charge is 0.358 e. The fourth-order valence-electron chi connectivity index (χ4n) is 1.73. The van der Waals surface area contributed by atoms with E-state index in [2.05, 4.69) is 5.32 Å². The van der Waals surface area contributed by atoms with Crippen molar-refractivity contribution < 1.29 is 9.53 Å². The van der Waals surface area contributed by atoms with Gasteiger partial charge in [0.2, 0.25) is 0 Å². The first-order valence-electron chi connectivity index (χ1n) is 4.54. The minimum Gasteiger partial charge on any atom is -0.358 e. The lowest BCUT2D eigenvalue weighted by molar-refractivity contribution is -0.0583. The third kappa shape index (κ3) is 1.39. The minimum absolute atomic E-state index is 0.0295. The van der Waals surface area contributed by atoms with Gasteiger partial charge in [0.25, 0.3) is 0 Å². The van der Waals surface area contributed by atoms with Gasteiger partial charge in [0.05, 0.1) is 0 Å². The van der Waals surface area contributed by atoms with Crippen LogP contribution in [0.15, 0.2) is 0 Å². The van der Waals surface area contributed by atoms with Crippen molar-refractivity contribution in [2.45, 2.75) is 25.5 Å². The predicted molar refractivity (Wildman–Crippen MR) is 43.7 cm³/mol. The maximum Gasteiger partial charge on any atom is 0.319 e. The molecule has 0 saturated carbocycles. The zero-order valence-electron chi connectivity index (χ0n) is 7.08. The normalized spacial score (nSPS) is 30.5. The van der Waals surface area contributed by atoms with Crippen molar-refractivity contribution in [2.24, 2.45) is 0 Å². The maximum atomic E-state index is 11.2. The summed E-state index contributed by atoms with van der Waals surface area (Å²) in [5.41, 5.74) is 0. The number of carbonyl (C=O) groups is 1. The first-order valence-corrected chi connectivity index (χ1v) is 4.54. The van der Waals surface area contributed by atoms with Gasteiger partial charge in [-0.25, -0.2) is 4.79 Å². The molecule has 68 valence electrons. The average Bonchev–Trinajstić information content (AvgIpc) is 2.53. The van der Waals surface area contributed by atoms with E-state index >= 15 is 0 Å². The van der Waals surface area contributed by atoms with Crippen molar-refractivity contribution in [3.05, 3.63) is 0 Å². The van der Waals surface area contributed by atoms with Gasteiger partial charge in [0.1, 0.15) is 6.23 Å². The Morgan fingerprint density at radius 1 is 1.50 bits per heavy atom. The molecule has 2 fully saturated rings. The molecule has 4 heteroatoms. The number of carbonyl (C=O) groups excluding carboxylic acids is 1. The van der Waals surface area contributed by atoms with Gasteiger partial charge in [-0.15, -0.1) is 0 Å². The molecule has 2 saturated heterocycles. The van der Waals surface area contributed by atoms with E-state index in [1.807, 2.05) is 0 Å². The van der Waals surface area contributed by atoms with Crippen LogP contribution in [0.5, 0.6) is 0 Å². The summed E-state index contributed by atoms with van der Waals surface area (Å²) >= 11 is 0. The van der Waals surface area contributed by atoms with Gasteiger partial charge < -0.3 is 10.1 Å². The fourth-order valence-corrected chi connectivity index (χ4v) is 1.73. The number of urea groups is 1. The van der Waals surface area contributed by atoms with Crippen LogP contribution in [0, 0.1) is 0 Å². The van der Waals surface area contributed by atoms with Crippen LogP contribution >= 0.6 is 0 Å². The number of ether oxygens (including phenoxy) is 1. The molecule has 4 nitrogen and oxygen atoms in total. The van der Waals surface area contributed by atoms with Gasteiger partial charge in [0, 0.05) is 19.7 Å². The van der Waals surface area contributed by atoms with E-state index < -0.39 is 0 Å². The lowest BCUT2D eigenvalue weighted by atomic mass is 10.2. The van der Waals surface area contributed by atoms with Crippen molar-refractivity contribution in [1.82, 2.24) is 10.2 Å². The van der Waals surface area contributed by atoms with Gasteiger partial charge in [0.15, 0.2) is 0 Å². The number of nitrogens with zero attached hydrogens (tertiary/aromatic N) is 1. The van der Waals surface area contributed by atoms with Crippen LogP contribution in [0.4, 0.5) is 4.79 Å². The Morgan fingerprint density at radius 2 is 2.42 bits per heavy atom. The molecule has 0 radical (unpaired) electrons. The summed E-state index contributed by atoms with van der Waals surface area (Å²) in [4.78, 5) is 13.0. The highest BCUT2D eigenvalue weighted by Gasteiger charge is 2.29. The van der Waals surface area contributed by atoms with Gasteiger partial charge in [-0.2, -0.15) is 0 Å². The smallest absolute Gasteiger partial charge is 0.319 e. The van der Waals surface area contributed by atoms with E-state index in [1.165, 1.54) is 6.42 Å². The van der Waals surface area contributed by atoms with E-state index in [-0.39, 0.29) is 12.3 Å². The second kappa shape index (κ2) is 3.31. The first kappa shape index (κ1) is 7.86. The van der Waals surface area contributed by atoms with Gasteiger partial charge in [-0.1, -0.05) is 0 Å². The van der Waals surface area contributed by atoms with E-state index in [9.17, 15) is 4.79 Å². The molecular formula is C8H14N2O2. The third-order valence-electron chi connectivity index (χ3n) is 2.39. The Hall–Kier alpha value is -0.770. The van der Waals surface area contributed by atoms with Crippen LogP contribution in [-0.4, -0.2) is 36.9 Å². The Kier molecular flexibility index (Phi) is 2.17. The SMILES string of the molecule is O=C1NCCN1C1CCCCO1. The van der Waals surface area contributed by atoms with Crippen LogP contribution in [0.25, 0.3) is 0 Å². The number of hydrogen-bond donors (Lipinski definition) is 1. The second-order valence-corrected chi connectivity index (χ2v) is 3.25. The van der Waals surface area contributed by atoms with Gasteiger partial charge in [-0.3, -0.25) is 4.90 Å². The molecule has 2 aliphatic rings. The molecule has 0 aromatic heterocycles. The molecule has 0 aromatic carbocycles. The van der Waals surface area contributed by atoms with Crippen molar-refractivity contribution in [2.75, 3.05) is 19.7 Å². The van der Waals surface area contributed by atoms with Crippen LogP contribution in [0.1, 0.15) is 19.3 Å². The molecule has 2 heterocycles. The molecule has 1 atom stereocenters. The average molecular weight is 170 g/mol. The summed E-state index contributed by atoms with van der Waals surface area (Å²) in [6.45, 7) is 2.36. The van der Waals surface area contributed by atoms with Crippen LogP contribution in [0.2, 0.25) is 0 Å². The molecule has 12 heavy (non-hydrogen) atoms. The lowest BCUT2D eigenvalue weighted by Crippen LogP contribution is -2.41. The Bertz CT molecular complexity index is 178. The van der Waals surface area contributed by atoms with Crippen molar-refractivity contribution >= 4 is 6.03 Å². The number of nitrogens with one attached hydrogen (secondary N) is 1. The van der Waals surface area contributed by atoms with Gasteiger partial charge in [-0.05, 0) is 19.3 Å². The summed E-state index contributed by atoms with van der Waals surface area (Å²) in [7, 11) is 0. The minimum atomic E-state index is 0.0295. The monoisotopic (exact) mass is 170 g/mol. The number of amides is 2. The maximum absolute atomic E-state index is 11.2. The van der Waals surface area contributed by atoms with Crippen molar-refractivity contribution in [3.63, 3.8) is 0 Å². The highest BCUT2D eigenvalue weighted by atomic mass is 16.5. The van der Waals surface area contributed by atoms with E-state index in [0.29, 0.717) is 0 Å². The summed E-state index contributed by atoms with van der Waals surface area (Å²) < 4.78 is 5.50. The highest BCUT2D eigenvalue weighted by Crippen LogP contribution is 2.17. The standard InChI is InChI=1S/C8H14N2O2/c11-8-9-4-5-10(8)7-3-1-2-6-12-7/h7H,1-6H2,(H,9,11). The Morgan fingerprint density at radius 3 is 3.00 bits per heavy atom. The molecule has 1 unspecified atom stereocenters. The molecule has 0 aliphatic carbocycles. The lowest BCUT2D eigenvalue weighted by Gasteiger charge is -2.29. The first-order chi connectivity index (χ1) is 5.88. The molecule has 2 aliphatic heterocycles. The third-order valence-corrected chi connectivity index (χ3v) is 2.39. The zero-order valence-corrected chi connectivity index (χ0v) is 7.08. The summed E-state index contributed by atoms with van der Waals surface area (Å²) in [6.07, 6.45) is 3.34. The summed E-state index contributed by atoms with van der Waals surface area (Å²) in [5, 5.41) is 2.77. The van der Waals surface area contributed by atoms with E-state index in [0.717, 1.165) is 32.5 Å². The molecule has 0 spiro atoms. The summed E-state index contributed by atoms with van der Waals surface area (Å²) in [6, 6.07) is 0.0295. The molecule has 2 amide bonds. The van der Waals surface area contributed by atoms with Crippen molar-refractivity contribution in [3.8, 4) is 0 Å². The fraction of sp³-hybridized carbons (Fsp3) is 0.875. The molecular weight excluding hydrogens is 156 g/mol. The Balaban J connectivity index is 1.93. The predicted octanol–water partition coefficient (Wildman–Crippen LogP) is 0.538. The van der Waals surface area contributed by atoms with E-state index in [1.54, 1.807) is 4.90 Å². The van der Waals surface area contributed by atoms with Crippen LogP contribution in [0.3, 0.4) is 0 Å². The topological polar surface area (TPSA) is 41.6 Å². The van der Waals surface area contributed by atoms with E-state index in [4.69, 9.17) is 4.74 Å². The molecule has 0 aromatic rings. The molecule has 1 N–H and O–H groups in total. The van der Waals surface area contributed by atoms with Crippen LogP contribution < -0.4 is 5.32 Å². The molecule has 0 bridgehead atoms. The van der Waals surface area contributed by atoms with Gasteiger partial charge >= 0.3 is 6.03 Å². The second-order valence-electron chi connectivity index (χ2n) is 3.25. The van der Waals surface area contributed by atoms with Crippen LogP contribution in [-0.2, 0) is 4.74 Å². The van der Waals surface area contributed by atoms with Crippen molar-refractivity contribution in [1.29, 1.82) is 0 Å². The summed E-state index contributed by atoms with van der Waals surface area (Å²) in [5.74, 6) is 0. The Labute approximate surface area is 71.9 Å². The quantitative estimate of drug-likeness (QED) is 0.624. The zero-order chi connectivity index (χ0) is 8.39. The molecule has 2 rings (SSSR count). The number of hydrogen-bond acceptors (Lipinski definition) is 2. The highest BCUT2D eigenvalue weighted by molar-refractivity contribution is 5.76.